The monoisotopic (exact) mass is 530 g/mol. The van der Waals surface area contributed by atoms with Gasteiger partial charge in [-0.05, 0) is 100 Å². The summed E-state index contributed by atoms with van der Waals surface area (Å²) in [5.74, 6) is 0.376. The minimum Gasteiger partial charge on any atom is -0.0750 e. The average Bonchev–Trinajstić information content (AvgIpc) is 3.39. The molecule has 3 aliphatic carbocycles. The van der Waals surface area contributed by atoms with E-state index in [1.165, 1.54) is 93.9 Å². The Kier molecular flexibility index (Phi) is 4.38. The molecule has 1 atom stereocenters. The highest BCUT2D eigenvalue weighted by Crippen LogP contribution is 2.62. The highest BCUT2D eigenvalue weighted by atomic mass is 14.4. The summed E-state index contributed by atoms with van der Waals surface area (Å²) >= 11 is 0. The molecule has 3 aliphatic rings. The summed E-state index contributed by atoms with van der Waals surface area (Å²) in [5, 5.41) is 5.42. The number of hydrogen-bond donors (Lipinski definition) is 0. The predicted molar refractivity (Wildman–Crippen MR) is 177 cm³/mol. The van der Waals surface area contributed by atoms with Crippen molar-refractivity contribution in [2.24, 2.45) is 0 Å². The summed E-state index contributed by atoms with van der Waals surface area (Å²) in [6.45, 7) is 0. The molecule has 0 heteroatoms. The SMILES string of the molecule is C1=C2c3c(ccc4c3C(C1)c1cccc3cccc-4c13)-c1c2c(-c2ccccc2)c2ccccc2c1-c1ccccc1. The van der Waals surface area contributed by atoms with E-state index < -0.39 is 0 Å². The lowest BCUT2D eigenvalue weighted by atomic mass is 9.70. The molecule has 0 heterocycles. The second kappa shape index (κ2) is 8.18. The number of hydrogen-bond acceptors (Lipinski definition) is 0. The van der Waals surface area contributed by atoms with Crippen LogP contribution in [0.2, 0.25) is 0 Å². The van der Waals surface area contributed by atoms with Gasteiger partial charge in [0.15, 0.2) is 0 Å². The first-order chi connectivity index (χ1) is 20.9. The molecule has 0 N–H and O–H groups in total. The van der Waals surface area contributed by atoms with Crippen LogP contribution < -0.4 is 0 Å². The maximum atomic E-state index is 2.56. The molecule has 194 valence electrons. The fourth-order valence-electron chi connectivity index (χ4n) is 8.35. The van der Waals surface area contributed by atoms with Crippen molar-refractivity contribution >= 4 is 27.1 Å². The third-order valence-corrected chi connectivity index (χ3v) is 9.90. The molecule has 0 radical (unpaired) electrons. The Bertz CT molecular complexity index is 2300. The summed E-state index contributed by atoms with van der Waals surface area (Å²) in [5.41, 5.74) is 18.1. The van der Waals surface area contributed by atoms with Crippen molar-refractivity contribution < 1.29 is 0 Å². The van der Waals surface area contributed by atoms with E-state index in [0.717, 1.165) is 6.42 Å². The Morgan fingerprint density at radius 3 is 1.76 bits per heavy atom. The Morgan fingerprint density at radius 2 is 1.05 bits per heavy atom. The van der Waals surface area contributed by atoms with Gasteiger partial charge in [0.2, 0.25) is 0 Å². The molecule has 0 spiro atoms. The van der Waals surface area contributed by atoms with Crippen molar-refractivity contribution in [3.8, 4) is 44.5 Å². The molecule has 0 nitrogen and oxygen atoms in total. The van der Waals surface area contributed by atoms with Crippen LogP contribution >= 0.6 is 0 Å². The van der Waals surface area contributed by atoms with E-state index >= 15 is 0 Å². The fraction of sp³-hybridized carbons (Fsp3) is 0.0476. The summed E-state index contributed by atoms with van der Waals surface area (Å²) in [4.78, 5) is 0. The van der Waals surface area contributed by atoms with Crippen LogP contribution in [0.4, 0.5) is 0 Å². The van der Waals surface area contributed by atoms with E-state index in [9.17, 15) is 0 Å². The second-order valence-electron chi connectivity index (χ2n) is 11.9. The van der Waals surface area contributed by atoms with Crippen LogP contribution in [0, 0.1) is 0 Å². The zero-order chi connectivity index (χ0) is 27.4. The van der Waals surface area contributed by atoms with E-state index in [1.54, 1.807) is 0 Å². The molecule has 0 fully saturated rings. The summed E-state index contributed by atoms with van der Waals surface area (Å²) in [6, 6.07) is 49.7. The zero-order valence-electron chi connectivity index (χ0n) is 23.1. The Hall–Kier alpha value is -5.20. The van der Waals surface area contributed by atoms with Crippen LogP contribution in [-0.4, -0.2) is 0 Å². The number of benzene rings is 7. The van der Waals surface area contributed by atoms with Gasteiger partial charge in [0.1, 0.15) is 0 Å². The van der Waals surface area contributed by atoms with Gasteiger partial charge in [-0.1, -0.05) is 140 Å². The van der Waals surface area contributed by atoms with Gasteiger partial charge in [0, 0.05) is 5.92 Å². The summed E-state index contributed by atoms with van der Waals surface area (Å²) in [7, 11) is 0. The van der Waals surface area contributed by atoms with Crippen molar-refractivity contribution in [2.75, 3.05) is 0 Å². The van der Waals surface area contributed by atoms with Crippen molar-refractivity contribution in [3.63, 3.8) is 0 Å². The second-order valence-corrected chi connectivity index (χ2v) is 11.9. The van der Waals surface area contributed by atoms with Gasteiger partial charge in [-0.2, -0.15) is 0 Å². The molecule has 0 saturated heterocycles. The van der Waals surface area contributed by atoms with Crippen LogP contribution in [0.5, 0.6) is 0 Å². The third kappa shape index (κ3) is 2.77. The average molecular weight is 531 g/mol. The lowest BCUT2D eigenvalue weighted by molar-refractivity contribution is 0.822. The molecule has 7 aromatic carbocycles. The van der Waals surface area contributed by atoms with Crippen LogP contribution in [0.25, 0.3) is 71.6 Å². The largest absolute Gasteiger partial charge is 0.0750 e. The Morgan fingerprint density at radius 1 is 0.429 bits per heavy atom. The molecule has 0 aliphatic heterocycles. The Balaban J connectivity index is 1.39. The van der Waals surface area contributed by atoms with Crippen LogP contribution in [0.15, 0.2) is 140 Å². The fourth-order valence-corrected chi connectivity index (χ4v) is 8.35. The van der Waals surface area contributed by atoms with E-state index in [-0.39, 0.29) is 0 Å². The molecular formula is C42H26. The van der Waals surface area contributed by atoms with Gasteiger partial charge >= 0.3 is 0 Å². The molecule has 1 unspecified atom stereocenters. The van der Waals surface area contributed by atoms with E-state index in [1.807, 2.05) is 0 Å². The van der Waals surface area contributed by atoms with Crippen molar-refractivity contribution in [2.45, 2.75) is 12.3 Å². The standard InChI is InChI=1S/C42H26/c1-3-11-26(12-4-1)37-30-17-7-8-18-31(30)38(27-13-5-2-6-14-27)42-35-24-22-33-29-20-10-16-25-15-9-19-28(36(25)29)32-21-23-34(41(37)42)40(35)39(32)33/h1-21,23-24,33H,22H2. The summed E-state index contributed by atoms with van der Waals surface area (Å²) in [6.07, 6.45) is 3.59. The highest BCUT2D eigenvalue weighted by Gasteiger charge is 2.40. The molecule has 0 saturated carbocycles. The normalized spacial score (nSPS) is 15.4. The Labute approximate surface area is 245 Å². The van der Waals surface area contributed by atoms with Gasteiger partial charge < -0.3 is 0 Å². The first-order valence-corrected chi connectivity index (χ1v) is 15.0. The summed E-state index contributed by atoms with van der Waals surface area (Å²) < 4.78 is 0. The first kappa shape index (κ1) is 22.5. The van der Waals surface area contributed by atoms with Crippen molar-refractivity contribution in [1.29, 1.82) is 0 Å². The highest BCUT2D eigenvalue weighted by molar-refractivity contribution is 6.22. The number of fused-ring (bicyclic) bond motifs is 6. The molecule has 10 rings (SSSR count). The third-order valence-electron chi connectivity index (χ3n) is 9.90. The van der Waals surface area contributed by atoms with Crippen molar-refractivity contribution in [3.05, 3.63) is 162 Å². The van der Waals surface area contributed by atoms with E-state index in [2.05, 4.69) is 140 Å². The molecule has 7 aromatic rings. The first-order valence-electron chi connectivity index (χ1n) is 15.0. The quantitative estimate of drug-likeness (QED) is 0.208. The minimum absolute atomic E-state index is 0.376. The number of rotatable bonds is 2. The molecular weight excluding hydrogens is 504 g/mol. The van der Waals surface area contributed by atoms with Crippen LogP contribution in [-0.2, 0) is 0 Å². The van der Waals surface area contributed by atoms with Gasteiger partial charge in [-0.15, -0.1) is 0 Å². The maximum absolute atomic E-state index is 2.56. The lowest BCUT2D eigenvalue weighted by Crippen LogP contribution is -2.14. The minimum atomic E-state index is 0.376. The molecule has 0 bridgehead atoms. The smallest absolute Gasteiger partial charge is 0.0143 e. The van der Waals surface area contributed by atoms with Gasteiger partial charge in [-0.25, -0.2) is 0 Å². The molecule has 0 aromatic heterocycles. The topological polar surface area (TPSA) is 0 Å². The van der Waals surface area contributed by atoms with E-state index in [0.29, 0.717) is 5.92 Å². The molecule has 0 amide bonds. The van der Waals surface area contributed by atoms with Crippen molar-refractivity contribution in [1.82, 2.24) is 0 Å². The maximum Gasteiger partial charge on any atom is 0.0143 e. The van der Waals surface area contributed by atoms with Gasteiger partial charge in [0.05, 0.1) is 0 Å². The van der Waals surface area contributed by atoms with Crippen LogP contribution in [0.3, 0.4) is 0 Å². The number of allylic oxidation sites excluding steroid dienone is 1. The van der Waals surface area contributed by atoms with Crippen LogP contribution in [0.1, 0.15) is 34.6 Å². The van der Waals surface area contributed by atoms with E-state index in [4.69, 9.17) is 0 Å². The predicted octanol–water partition coefficient (Wildman–Crippen LogP) is 11.3. The van der Waals surface area contributed by atoms with Gasteiger partial charge in [0.25, 0.3) is 0 Å². The zero-order valence-corrected chi connectivity index (χ0v) is 23.1. The lowest BCUT2D eigenvalue weighted by Gasteiger charge is -2.33. The van der Waals surface area contributed by atoms with Gasteiger partial charge in [-0.3, -0.25) is 0 Å². The molecule has 42 heavy (non-hydrogen) atoms.